The van der Waals surface area contributed by atoms with Crippen LogP contribution in [0, 0.1) is 17.8 Å². The molecule has 26 heavy (non-hydrogen) atoms. The molecule has 0 aromatic heterocycles. The molecule has 1 aromatic carbocycles. The van der Waals surface area contributed by atoms with Gasteiger partial charge >= 0.3 is 5.97 Å². The Morgan fingerprint density at radius 3 is 2.27 bits per heavy atom. The topological polar surface area (TPSA) is 81.4 Å². The van der Waals surface area contributed by atoms with Gasteiger partial charge in [0.25, 0.3) is 0 Å². The van der Waals surface area contributed by atoms with E-state index in [9.17, 15) is 9.59 Å². The average molecular weight is 360 g/mol. The average Bonchev–Trinajstić information content (AvgIpc) is 2.55. The van der Waals surface area contributed by atoms with E-state index in [0.29, 0.717) is 12.8 Å². The van der Waals surface area contributed by atoms with Crippen molar-refractivity contribution in [1.29, 1.82) is 0 Å². The Kier molecular flexibility index (Phi) is 8.52. The van der Waals surface area contributed by atoms with Crippen molar-refractivity contribution in [3.05, 3.63) is 42.0 Å². The van der Waals surface area contributed by atoms with E-state index in [4.69, 9.17) is 10.6 Å². The molecule has 0 heterocycles. The van der Waals surface area contributed by atoms with E-state index < -0.39 is 17.4 Å². The van der Waals surface area contributed by atoms with Crippen LogP contribution in [0.2, 0.25) is 0 Å². The number of amides is 1. The lowest BCUT2D eigenvalue weighted by Gasteiger charge is -2.28. The molecule has 0 saturated heterocycles. The first-order chi connectivity index (χ1) is 12.1. The molecule has 0 aliphatic heterocycles. The quantitative estimate of drug-likeness (QED) is 0.320. The van der Waals surface area contributed by atoms with Crippen molar-refractivity contribution in [3.63, 3.8) is 0 Å². The van der Waals surface area contributed by atoms with Gasteiger partial charge in [-0.1, -0.05) is 56.3 Å². The summed E-state index contributed by atoms with van der Waals surface area (Å²) in [6.07, 6.45) is 4.84. The number of hydrazine groups is 1. The SMILES string of the molecule is CC(C)CC(C(=O)NN)[C@@H](CC=Cc1ccccc1)C(=O)OC(C)(C)C. The molecule has 0 bridgehead atoms. The second-order valence-corrected chi connectivity index (χ2v) is 7.93. The van der Waals surface area contributed by atoms with Gasteiger partial charge in [-0.25, -0.2) is 5.84 Å². The molecule has 1 aromatic rings. The monoisotopic (exact) mass is 360 g/mol. The number of allylic oxidation sites excluding steroid dienone is 1. The first kappa shape index (κ1) is 21.9. The van der Waals surface area contributed by atoms with E-state index in [-0.39, 0.29) is 17.8 Å². The predicted molar refractivity (Wildman–Crippen MR) is 105 cm³/mol. The Balaban J connectivity index is 3.04. The van der Waals surface area contributed by atoms with E-state index in [1.165, 1.54) is 0 Å². The fourth-order valence-electron chi connectivity index (χ4n) is 2.79. The maximum Gasteiger partial charge on any atom is 0.310 e. The molecular weight excluding hydrogens is 328 g/mol. The lowest BCUT2D eigenvalue weighted by molar-refractivity contribution is -0.164. The number of esters is 1. The molecule has 2 atom stereocenters. The first-order valence-corrected chi connectivity index (χ1v) is 9.09. The van der Waals surface area contributed by atoms with Gasteiger partial charge in [-0.15, -0.1) is 0 Å². The van der Waals surface area contributed by atoms with Crippen molar-refractivity contribution >= 4 is 18.0 Å². The molecule has 0 aliphatic carbocycles. The maximum absolute atomic E-state index is 12.8. The summed E-state index contributed by atoms with van der Waals surface area (Å²) in [6.45, 7) is 9.50. The third-order valence-electron chi connectivity index (χ3n) is 3.90. The van der Waals surface area contributed by atoms with Crippen molar-refractivity contribution in [2.45, 2.75) is 53.1 Å². The highest BCUT2D eigenvalue weighted by Crippen LogP contribution is 2.27. The number of benzene rings is 1. The molecule has 0 fully saturated rings. The van der Waals surface area contributed by atoms with Gasteiger partial charge in [0.2, 0.25) is 5.91 Å². The summed E-state index contributed by atoms with van der Waals surface area (Å²) >= 11 is 0. The first-order valence-electron chi connectivity index (χ1n) is 9.09. The zero-order valence-electron chi connectivity index (χ0n) is 16.5. The zero-order chi connectivity index (χ0) is 19.7. The largest absolute Gasteiger partial charge is 0.460 e. The Labute approximate surface area is 157 Å². The molecule has 0 saturated carbocycles. The van der Waals surface area contributed by atoms with Crippen LogP contribution in [0.3, 0.4) is 0 Å². The molecule has 0 radical (unpaired) electrons. The second kappa shape index (κ2) is 10.1. The Morgan fingerprint density at radius 2 is 1.77 bits per heavy atom. The van der Waals surface area contributed by atoms with Gasteiger partial charge < -0.3 is 4.74 Å². The summed E-state index contributed by atoms with van der Waals surface area (Å²) in [5.74, 6) is 3.80. The highest BCUT2D eigenvalue weighted by Gasteiger charge is 2.35. The normalized spacial score (nSPS) is 14.3. The summed E-state index contributed by atoms with van der Waals surface area (Å²) in [5.41, 5.74) is 2.64. The summed E-state index contributed by atoms with van der Waals surface area (Å²) in [5, 5.41) is 0. The van der Waals surface area contributed by atoms with Crippen molar-refractivity contribution in [1.82, 2.24) is 5.43 Å². The summed E-state index contributed by atoms with van der Waals surface area (Å²) < 4.78 is 5.57. The Bertz CT molecular complexity index is 603. The minimum atomic E-state index is -0.611. The van der Waals surface area contributed by atoms with Crippen LogP contribution in [0.15, 0.2) is 36.4 Å². The van der Waals surface area contributed by atoms with Crippen LogP contribution in [-0.2, 0) is 14.3 Å². The van der Waals surface area contributed by atoms with Crippen LogP contribution >= 0.6 is 0 Å². The minimum Gasteiger partial charge on any atom is -0.460 e. The maximum atomic E-state index is 12.8. The molecule has 1 amide bonds. The van der Waals surface area contributed by atoms with E-state index in [1.807, 2.05) is 77.1 Å². The Morgan fingerprint density at radius 1 is 1.15 bits per heavy atom. The van der Waals surface area contributed by atoms with Gasteiger partial charge in [0.15, 0.2) is 0 Å². The molecule has 144 valence electrons. The number of hydrogen-bond donors (Lipinski definition) is 2. The number of nitrogens with one attached hydrogen (secondary N) is 1. The van der Waals surface area contributed by atoms with Gasteiger partial charge in [-0.2, -0.15) is 0 Å². The van der Waals surface area contributed by atoms with Gasteiger partial charge in [0.05, 0.1) is 11.8 Å². The third kappa shape index (κ3) is 7.83. The summed E-state index contributed by atoms with van der Waals surface area (Å²) in [4.78, 5) is 25.1. The lowest BCUT2D eigenvalue weighted by atomic mass is 9.82. The second-order valence-electron chi connectivity index (χ2n) is 7.93. The highest BCUT2D eigenvalue weighted by molar-refractivity contribution is 5.85. The van der Waals surface area contributed by atoms with E-state index in [2.05, 4.69) is 5.43 Å². The number of carbonyl (C=O) groups excluding carboxylic acids is 2. The molecule has 5 heteroatoms. The van der Waals surface area contributed by atoms with Crippen LogP contribution < -0.4 is 11.3 Å². The van der Waals surface area contributed by atoms with Crippen LogP contribution in [0.1, 0.15) is 53.0 Å². The fourth-order valence-corrected chi connectivity index (χ4v) is 2.79. The number of nitrogens with two attached hydrogens (primary N) is 1. The molecule has 0 spiro atoms. The number of hydrogen-bond acceptors (Lipinski definition) is 4. The van der Waals surface area contributed by atoms with Crippen molar-refractivity contribution < 1.29 is 14.3 Å². The van der Waals surface area contributed by atoms with Gasteiger partial charge in [0, 0.05) is 0 Å². The zero-order valence-corrected chi connectivity index (χ0v) is 16.5. The van der Waals surface area contributed by atoms with E-state index in [0.717, 1.165) is 5.56 Å². The van der Waals surface area contributed by atoms with Crippen LogP contribution in [0.4, 0.5) is 0 Å². The van der Waals surface area contributed by atoms with E-state index in [1.54, 1.807) is 0 Å². The van der Waals surface area contributed by atoms with Crippen molar-refractivity contribution in [2.75, 3.05) is 0 Å². The Hall–Kier alpha value is -2.14. The van der Waals surface area contributed by atoms with Crippen molar-refractivity contribution in [3.8, 4) is 0 Å². The molecule has 5 nitrogen and oxygen atoms in total. The number of carbonyl (C=O) groups is 2. The van der Waals surface area contributed by atoms with Crippen LogP contribution in [0.25, 0.3) is 6.08 Å². The minimum absolute atomic E-state index is 0.250. The predicted octanol–water partition coefficient (Wildman–Crippen LogP) is 3.70. The van der Waals surface area contributed by atoms with Crippen molar-refractivity contribution in [2.24, 2.45) is 23.6 Å². The number of rotatable bonds is 8. The molecular formula is C21H32N2O3. The molecule has 1 unspecified atom stereocenters. The lowest BCUT2D eigenvalue weighted by Crippen LogP contribution is -2.43. The number of ether oxygens (including phenoxy) is 1. The van der Waals surface area contributed by atoms with Crippen LogP contribution in [-0.4, -0.2) is 17.5 Å². The van der Waals surface area contributed by atoms with Crippen LogP contribution in [0.5, 0.6) is 0 Å². The smallest absolute Gasteiger partial charge is 0.310 e. The summed E-state index contributed by atoms with van der Waals surface area (Å²) in [6, 6.07) is 9.82. The fraction of sp³-hybridized carbons (Fsp3) is 0.524. The molecule has 3 N–H and O–H groups in total. The van der Waals surface area contributed by atoms with Gasteiger partial charge in [-0.3, -0.25) is 15.0 Å². The molecule has 1 rings (SSSR count). The standard InChI is InChI=1S/C21H32N2O3/c1-15(2)14-18(19(24)23-22)17(20(25)26-21(3,4)5)13-9-12-16-10-7-6-8-11-16/h6-12,15,17-18H,13-14,22H2,1-5H3,(H,23,24)/t17-,18?/m1/s1. The van der Waals surface area contributed by atoms with Gasteiger partial charge in [-0.05, 0) is 45.1 Å². The van der Waals surface area contributed by atoms with E-state index >= 15 is 0 Å². The van der Waals surface area contributed by atoms with Gasteiger partial charge in [0.1, 0.15) is 5.60 Å². The third-order valence-corrected chi connectivity index (χ3v) is 3.90. The summed E-state index contributed by atoms with van der Waals surface area (Å²) in [7, 11) is 0. The molecule has 0 aliphatic rings. The highest BCUT2D eigenvalue weighted by atomic mass is 16.6.